The molecule has 0 bridgehead atoms. The molecular formula is C20H18F4N4O3S. The van der Waals surface area contributed by atoms with Gasteiger partial charge in [0.25, 0.3) is 5.56 Å². The maximum atomic E-state index is 15.0. The van der Waals surface area contributed by atoms with Crippen LogP contribution in [0.2, 0.25) is 0 Å². The quantitative estimate of drug-likeness (QED) is 0.595. The molecule has 1 N–H and O–H groups in total. The number of fused-ring (bicyclic) bond motifs is 2. The van der Waals surface area contributed by atoms with Gasteiger partial charge >= 0.3 is 12.1 Å². The van der Waals surface area contributed by atoms with Gasteiger partial charge in [-0.2, -0.15) is 13.2 Å². The minimum atomic E-state index is -4.96. The highest BCUT2D eigenvalue weighted by atomic mass is 32.1. The van der Waals surface area contributed by atoms with E-state index >= 15 is 0 Å². The zero-order valence-corrected chi connectivity index (χ0v) is 17.6. The van der Waals surface area contributed by atoms with Gasteiger partial charge < -0.3 is 14.4 Å². The summed E-state index contributed by atoms with van der Waals surface area (Å²) in [6.45, 7) is 1.45. The summed E-state index contributed by atoms with van der Waals surface area (Å²) in [5, 5.41) is 0.101. The van der Waals surface area contributed by atoms with Gasteiger partial charge in [0.2, 0.25) is 5.43 Å². The fourth-order valence-electron chi connectivity index (χ4n) is 4.36. The third-order valence-electron chi connectivity index (χ3n) is 6.10. The predicted molar refractivity (Wildman–Crippen MR) is 112 cm³/mol. The van der Waals surface area contributed by atoms with E-state index in [-0.39, 0.29) is 42.1 Å². The second kappa shape index (κ2) is 7.06. The molecule has 7 nitrogen and oxygen atoms in total. The van der Waals surface area contributed by atoms with E-state index in [9.17, 15) is 31.9 Å². The first-order chi connectivity index (χ1) is 15.1. The van der Waals surface area contributed by atoms with Crippen LogP contribution in [0, 0.1) is 5.82 Å². The molecule has 1 aliphatic carbocycles. The van der Waals surface area contributed by atoms with Crippen molar-refractivity contribution < 1.29 is 22.4 Å². The smallest absolute Gasteiger partial charge is 0.365 e. The first kappa shape index (κ1) is 21.0. The van der Waals surface area contributed by atoms with Crippen LogP contribution >= 0.6 is 11.5 Å². The van der Waals surface area contributed by atoms with Crippen molar-refractivity contribution in [2.45, 2.75) is 38.0 Å². The van der Waals surface area contributed by atoms with Crippen LogP contribution < -0.4 is 15.9 Å². The van der Waals surface area contributed by atoms with Crippen molar-refractivity contribution in [1.82, 2.24) is 13.8 Å². The molecule has 0 spiro atoms. The minimum absolute atomic E-state index is 0.00909. The highest BCUT2D eigenvalue weighted by Crippen LogP contribution is 2.41. The number of rotatable bonds is 4. The van der Waals surface area contributed by atoms with Crippen molar-refractivity contribution in [1.29, 1.82) is 0 Å². The normalized spacial score (nSPS) is 17.2. The number of carbonyl (C=O) groups is 1. The van der Waals surface area contributed by atoms with Gasteiger partial charge in [0.1, 0.15) is 16.0 Å². The van der Waals surface area contributed by atoms with Crippen molar-refractivity contribution in [3.8, 4) is 0 Å². The number of aromatic amines is 1. The monoisotopic (exact) mass is 470 g/mol. The maximum absolute atomic E-state index is 15.0. The molecule has 12 heteroatoms. The van der Waals surface area contributed by atoms with Crippen LogP contribution in [-0.2, 0) is 4.79 Å². The number of amides is 1. The lowest BCUT2D eigenvalue weighted by Crippen LogP contribution is -2.63. The van der Waals surface area contributed by atoms with E-state index in [1.165, 1.54) is 13.0 Å². The van der Waals surface area contributed by atoms with Crippen LogP contribution in [0.25, 0.3) is 21.1 Å². The number of H-pyrrole nitrogens is 1. The molecule has 1 aromatic carbocycles. The summed E-state index contributed by atoms with van der Waals surface area (Å²) in [6.07, 6.45) is -3.24. The van der Waals surface area contributed by atoms with Crippen molar-refractivity contribution in [3.05, 3.63) is 38.5 Å². The SMILES string of the molecule is CCN(C(=O)C(F)(F)F)C1CN(c2cc3c(cc2F)c(=O)c2c(=O)[nH]sc2n3C2CC2)C1. The summed E-state index contributed by atoms with van der Waals surface area (Å²) in [4.78, 5) is 39.5. The molecule has 32 heavy (non-hydrogen) atoms. The average Bonchev–Trinajstić information content (AvgIpc) is 3.46. The van der Waals surface area contributed by atoms with Gasteiger partial charge in [-0.3, -0.25) is 18.8 Å². The molecule has 3 aromatic rings. The van der Waals surface area contributed by atoms with Crippen LogP contribution in [0.1, 0.15) is 25.8 Å². The number of likely N-dealkylation sites (N-methyl/N-ethyl adjacent to an activating group) is 1. The standard InChI is InChI=1S/C20H18F4N4O3S/c1-2-27(19(31)20(22,23)24)10-7-26(8-10)14-6-13-11(5-12(14)21)16(29)15-17(30)25-32-18(15)28(13)9-3-4-9/h5-6,9-10H,2-4,7-8H2,1H3,(H,25,30). The van der Waals surface area contributed by atoms with Gasteiger partial charge in [0, 0.05) is 31.1 Å². The second-order valence-corrected chi connectivity index (χ2v) is 8.91. The van der Waals surface area contributed by atoms with E-state index in [4.69, 9.17) is 0 Å². The minimum Gasteiger partial charge on any atom is -0.365 e. The molecule has 170 valence electrons. The summed E-state index contributed by atoms with van der Waals surface area (Å²) in [6, 6.07) is 2.02. The van der Waals surface area contributed by atoms with Gasteiger partial charge in [0.05, 0.1) is 17.2 Å². The van der Waals surface area contributed by atoms with Crippen LogP contribution in [0.5, 0.6) is 0 Å². The Morgan fingerprint density at radius 3 is 2.53 bits per heavy atom. The Balaban J connectivity index is 1.54. The Bertz CT molecular complexity index is 1370. The fourth-order valence-corrected chi connectivity index (χ4v) is 5.28. The molecule has 1 saturated heterocycles. The van der Waals surface area contributed by atoms with Crippen LogP contribution in [0.4, 0.5) is 23.2 Å². The first-order valence-corrected chi connectivity index (χ1v) is 10.9. The average molecular weight is 470 g/mol. The molecule has 0 radical (unpaired) electrons. The Hall–Kier alpha value is -2.89. The zero-order valence-electron chi connectivity index (χ0n) is 16.8. The van der Waals surface area contributed by atoms with E-state index in [1.807, 2.05) is 4.57 Å². The largest absolute Gasteiger partial charge is 0.471 e. The number of hydrogen-bond donors (Lipinski definition) is 1. The van der Waals surface area contributed by atoms with Gasteiger partial charge in [-0.1, -0.05) is 0 Å². The van der Waals surface area contributed by atoms with E-state index < -0.39 is 34.9 Å². The first-order valence-electron chi connectivity index (χ1n) is 10.1. The topological polar surface area (TPSA) is 78.4 Å². The molecule has 5 rings (SSSR count). The van der Waals surface area contributed by atoms with Crippen molar-refractivity contribution in [3.63, 3.8) is 0 Å². The molecule has 2 fully saturated rings. The zero-order chi connectivity index (χ0) is 22.9. The Labute approximate surface area is 182 Å². The predicted octanol–water partition coefficient (Wildman–Crippen LogP) is 2.98. The molecule has 1 aliphatic heterocycles. The van der Waals surface area contributed by atoms with Crippen LogP contribution in [-0.4, -0.2) is 51.6 Å². The molecule has 1 saturated carbocycles. The number of carbonyl (C=O) groups excluding carboxylic acids is 1. The molecule has 0 unspecified atom stereocenters. The van der Waals surface area contributed by atoms with Crippen LogP contribution in [0.3, 0.4) is 0 Å². The third kappa shape index (κ3) is 3.11. The van der Waals surface area contributed by atoms with Gasteiger partial charge in [-0.15, -0.1) is 0 Å². The number of hydrogen-bond acceptors (Lipinski definition) is 5. The molecule has 2 aliphatic rings. The van der Waals surface area contributed by atoms with Gasteiger partial charge in [-0.05, 0) is 43.4 Å². The van der Waals surface area contributed by atoms with Crippen molar-refractivity contribution in [2.75, 3.05) is 24.5 Å². The highest BCUT2D eigenvalue weighted by Gasteiger charge is 2.46. The van der Waals surface area contributed by atoms with E-state index in [0.717, 1.165) is 35.3 Å². The molecule has 2 aromatic heterocycles. The Morgan fingerprint density at radius 1 is 1.25 bits per heavy atom. The lowest BCUT2D eigenvalue weighted by atomic mass is 10.0. The lowest BCUT2D eigenvalue weighted by Gasteiger charge is -2.46. The lowest BCUT2D eigenvalue weighted by molar-refractivity contribution is -0.188. The highest BCUT2D eigenvalue weighted by molar-refractivity contribution is 7.12. The van der Waals surface area contributed by atoms with Crippen molar-refractivity contribution >= 4 is 44.2 Å². The summed E-state index contributed by atoms with van der Waals surface area (Å²) < 4.78 is 57.9. The Morgan fingerprint density at radius 2 is 1.94 bits per heavy atom. The maximum Gasteiger partial charge on any atom is 0.471 e. The van der Waals surface area contributed by atoms with Crippen LogP contribution in [0.15, 0.2) is 21.7 Å². The molecule has 1 amide bonds. The van der Waals surface area contributed by atoms with E-state index in [0.29, 0.717) is 10.3 Å². The number of aromatic nitrogens is 2. The summed E-state index contributed by atoms with van der Waals surface area (Å²) >= 11 is 1.06. The summed E-state index contributed by atoms with van der Waals surface area (Å²) in [7, 11) is 0. The summed E-state index contributed by atoms with van der Waals surface area (Å²) in [5.41, 5.74) is -0.413. The number of halogens is 4. The second-order valence-electron chi connectivity index (χ2n) is 8.11. The third-order valence-corrected chi connectivity index (χ3v) is 6.98. The fraction of sp³-hybridized carbons (Fsp3) is 0.450. The molecule has 0 atom stereocenters. The summed E-state index contributed by atoms with van der Waals surface area (Å²) in [5.74, 6) is -2.61. The number of nitrogens with one attached hydrogen (secondary N) is 1. The van der Waals surface area contributed by atoms with Gasteiger partial charge in [0.15, 0.2) is 0 Å². The molecular weight excluding hydrogens is 452 g/mol. The number of pyridine rings is 1. The van der Waals surface area contributed by atoms with Crippen molar-refractivity contribution in [2.24, 2.45) is 0 Å². The van der Waals surface area contributed by atoms with E-state index in [1.54, 1.807) is 4.90 Å². The number of nitrogens with zero attached hydrogens (tertiary/aromatic N) is 3. The van der Waals surface area contributed by atoms with Gasteiger partial charge in [-0.25, -0.2) is 4.39 Å². The molecule has 3 heterocycles. The van der Waals surface area contributed by atoms with E-state index in [2.05, 4.69) is 4.37 Å². The number of alkyl halides is 3. The number of anilines is 1. The Kier molecular flexibility index (Phi) is 4.63. The number of benzene rings is 1.